The van der Waals surface area contributed by atoms with Gasteiger partial charge in [0.25, 0.3) is 5.56 Å². The van der Waals surface area contributed by atoms with E-state index >= 15 is 0 Å². The van der Waals surface area contributed by atoms with Crippen molar-refractivity contribution in [1.82, 2.24) is 15.1 Å². The van der Waals surface area contributed by atoms with Crippen molar-refractivity contribution in [1.29, 1.82) is 0 Å². The third-order valence-corrected chi connectivity index (χ3v) is 4.61. The molecule has 2 rings (SSSR count). The van der Waals surface area contributed by atoms with Gasteiger partial charge >= 0.3 is 0 Å². The molecule has 0 bridgehead atoms. The van der Waals surface area contributed by atoms with E-state index in [2.05, 4.69) is 29.6 Å². The Hall–Kier alpha value is -1.07. The highest BCUT2D eigenvalue weighted by Gasteiger charge is 2.31. The Bertz CT molecular complexity index is 541. The van der Waals surface area contributed by atoms with Gasteiger partial charge in [-0.15, -0.1) is 0 Å². The van der Waals surface area contributed by atoms with Crippen LogP contribution in [0.15, 0.2) is 11.0 Å². The average Bonchev–Trinajstić information content (AvgIpc) is 2.44. The van der Waals surface area contributed by atoms with Crippen LogP contribution in [0.4, 0.5) is 5.69 Å². The highest BCUT2D eigenvalue weighted by Crippen LogP contribution is 2.30. The van der Waals surface area contributed by atoms with E-state index in [0.29, 0.717) is 18.3 Å². The number of anilines is 1. The predicted octanol–water partition coefficient (Wildman–Crippen LogP) is 2.50. The number of hydrogen-bond donors (Lipinski definition) is 2. The summed E-state index contributed by atoms with van der Waals surface area (Å²) in [6.07, 6.45) is 4.92. The Balaban J connectivity index is 2.07. The maximum absolute atomic E-state index is 12.1. The Morgan fingerprint density at radius 2 is 2.33 bits per heavy atom. The summed E-state index contributed by atoms with van der Waals surface area (Å²) in [5.41, 5.74) is 0.638. The van der Waals surface area contributed by atoms with E-state index in [1.807, 2.05) is 6.92 Å². The summed E-state index contributed by atoms with van der Waals surface area (Å²) in [6.45, 7) is 8.92. The molecule has 1 saturated heterocycles. The number of halogens is 1. The van der Waals surface area contributed by atoms with Crippen molar-refractivity contribution in [3.8, 4) is 0 Å². The Kier molecular flexibility index (Phi) is 5.27. The van der Waals surface area contributed by atoms with E-state index in [4.69, 9.17) is 11.6 Å². The summed E-state index contributed by atoms with van der Waals surface area (Å²) < 4.78 is 1.41. The minimum absolute atomic E-state index is 0.223. The van der Waals surface area contributed by atoms with Crippen LogP contribution in [-0.4, -0.2) is 28.9 Å². The van der Waals surface area contributed by atoms with Crippen molar-refractivity contribution in [3.05, 3.63) is 21.6 Å². The maximum Gasteiger partial charge on any atom is 0.287 e. The van der Waals surface area contributed by atoms with Gasteiger partial charge in [-0.3, -0.25) is 4.79 Å². The zero-order chi connectivity index (χ0) is 15.5. The molecule has 21 heavy (non-hydrogen) atoms. The van der Waals surface area contributed by atoms with Gasteiger partial charge in [0.05, 0.1) is 11.9 Å². The summed E-state index contributed by atoms with van der Waals surface area (Å²) in [6, 6.07) is 0.361. The minimum Gasteiger partial charge on any atom is -0.381 e. The molecule has 1 aliphatic rings. The number of piperidine rings is 1. The molecule has 0 amide bonds. The molecule has 2 heterocycles. The Labute approximate surface area is 131 Å². The van der Waals surface area contributed by atoms with Crippen molar-refractivity contribution in [2.75, 3.05) is 18.4 Å². The first-order valence-corrected chi connectivity index (χ1v) is 8.06. The van der Waals surface area contributed by atoms with Crippen molar-refractivity contribution in [2.45, 2.75) is 52.6 Å². The first-order valence-electron chi connectivity index (χ1n) is 7.68. The largest absolute Gasteiger partial charge is 0.381 e. The molecule has 0 aromatic carbocycles. The van der Waals surface area contributed by atoms with Crippen molar-refractivity contribution in [3.63, 3.8) is 0 Å². The monoisotopic (exact) mass is 312 g/mol. The molecule has 1 fully saturated rings. The van der Waals surface area contributed by atoms with E-state index in [-0.39, 0.29) is 16.0 Å². The van der Waals surface area contributed by atoms with Crippen molar-refractivity contribution >= 4 is 17.3 Å². The van der Waals surface area contributed by atoms with Crippen molar-refractivity contribution < 1.29 is 0 Å². The van der Waals surface area contributed by atoms with Crippen LogP contribution in [0, 0.1) is 5.41 Å². The van der Waals surface area contributed by atoms with Gasteiger partial charge in [0.1, 0.15) is 5.02 Å². The topological polar surface area (TPSA) is 59.0 Å². The molecule has 6 heteroatoms. The second-order valence-corrected chi connectivity index (χ2v) is 6.76. The summed E-state index contributed by atoms with van der Waals surface area (Å²) >= 11 is 6.17. The number of nitrogens with one attached hydrogen (secondary N) is 2. The number of aryl methyl sites for hydroxylation is 1. The van der Waals surface area contributed by atoms with E-state index in [9.17, 15) is 4.79 Å². The highest BCUT2D eigenvalue weighted by molar-refractivity contribution is 6.32. The van der Waals surface area contributed by atoms with Crippen LogP contribution in [0.3, 0.4) is 0 Å². The van der Waals surface area contributed by atoms with E-state index in [0.717, 1.165) is 19.5 Å². The molecule has 1 unspecified atom stereocenters. The molecular weight excluding hydrogens is 288 g/mol. The smallest absolute Gasteiger partial charge is 0.287 e. The third-order valence-electron chi connectivity index (χ3n) is 4.25. The van der Waals surface area contributed by atoms with Crippen LogP contribution in [0.25, 0.3) is 0 Å². The van der Waals surface area contributed by atoms with Crippen LogP contribution >= 0.6 is 11.6 Å². The first-order chi connectivity index (χ1) is 9.95. The molecule has 1 aromatic heterocycles. The lowest BCUT2D eigenvalue weighted by Crippen LogP contribution is -2.50. The quantitative estimate of drug-likeness (QED) is 0.877. The molecule has 0 saturated carbocycles. The molecule has 0 radical (unpaired) electrons. The first kappa shape index (κ1) is 16.3. The molecule has 5 nitrogen and oxygen atoms in total. The van der Waals surface area contributed by atoms with Gasteiger partial charge in [-0.1, -0.05) is 32.4 Å². The third kappa shape index (κ3) is 3.77. The summed E-state index contributed by atoms with van der Waals surface area (Å²) in [4.78, 5) is 12.1. The highest BCUT2D eigenvalue weighted by atomic mass is 35.5. The molecule has 118 valence electrons. The lowest BCUT2D eigenvalue weighted by molar-refractivity contribution is 0.188. The van der Waals surface area contributed by atoms with E-state index in [1.165, 1.54) is 17.5 Å². The number of rotatable bonds is 5. The van der Waals surface area contributed by atoms with Gasteiger partial charge in [-0.25, -0.2) is 4.68 Å². The fourth-order valence-electron chi connectivity index (χ4n) is 2.79. The molecular formula is C15H25ClN4O. The molecule has 1 aromatic rings. The maximum atomic E-state index is 12.1. The van der Waals surface area contributed by atoms with Gasteiger partial charge in [0.15, 0.2) is 0 Å². The molecule has 0 aliphatic carbocycles. The van der Waals surface area contributed by atoms with Gasteiger partial charge in [-0.2, -0.15) is 5.10 Å². The Morgan fingerprint density at radius 3 is 3.00 bits per heavy atom. The fourth-order valence-corrected chi connectivity index (χ4v) is 3.00. The number of aromatic nitrogens is 2. The zero-order valence-electron chi connectivity index (χ0n) is 13.1. The minimum atomic E-state index is -0.223. The Morgan fingerprint density at radius 1 is 1.57 bits per heavy atom. The lowest BCUT2D eigenvalue weighted by Gasteiger charge is -2.39. The summed E-state index contributed by atoms with van der Waals surface area (Å²) in [5, 5.41) is 11.2. The van der Waals surface area contributed by atoms with Gasteiger partial charge in [0, 0.05) is 19.1 Å². The lowest BCUT2D eigenvalue weighted by atomic mass is 9.77. The van der Waals surface area contributed by atoms with Crippen LogP contribution in [0.2, 0.25) is 5.02 Å². The molecule has 1 atom stereocenters. The summed E-state index contributed by atoms with van der Waals surface area (Å²) in [5.74, 6) is 0. The number of nitrogens with zero attached hydrogens (tertiary/aromatic N) is 2. The van der Waals surface area contributed by atoms with Crippen LogP contribution in [-0.2, 0) is 6.54 Å². The molecule has 1 aliphatic heterocycles. The molecule has 0 spiro atoms. The van der Waals surface area contributed by atoms with E-state index < -0.39 is 0 Å². The van der Waals surface area contributed by atoms with Crippen LogP contribution in [0.1, 0.15) is 40.0 Å². The predicted molar refractivity (Wildman–Crippen MR) is 87.1 cm³/mol. The van der Waals surface area contributed by atoms with Gasteiger partial charge in [-0.05, 0) is 31.2 Å². The summed E-state index contributed by atoms with van der Waals surface area (Å²) in [7, 11) is 0. The normalized spacial score (nSPS) is 21.2. The second kappa shape index (κ2) is 6.79. The molecule has 2 N–H and O–H groups in total. The SMILES string of the molecule is CCCn1ncc(NCC2NCCCC2(C)C)c(Cl)c1=O. The van der Waals surface area contributed by atoms with E-state index in [1.54, 1.807) is 6.20 Å². The van der Waals surface area contributed by atoms with Gasteiger partial charge in [0.2, 0.25) is 0 Å². The average molecular weight is 313 g/mol. The van der Waals surface area contributed by atoms with Crippen LogP contribution < -0.4 is 16.2 Å². The van der Waals surface area contributed by atoms with Crippen molar-refractivity contribution in [2.24, 2.45) is 5.41 Å². The fraction of sp³-hybridized carbons (Fsp3) is 0.733. The second-order valence-electron chi connectivity index (χ2n) is 6.38. The zero-order valence-corrected chi connectivity index (χ0v) is 13.8. The standard InChI is InChI=1S/C15H25ClN4O/c1-4-8-20-14(21)13(16)11(9-19-20)18-10-12-15(2,3)6-5-7-17-12/h9,12,17-18H,4-8,10H2,1-3H3. The van der Waals surface area contributed by atoms with Gasteiger partial charge < -0.3 is 10.6 Å². The van der Waals surface area contributed by atoms with Crippen LogP contribution in [0.5, 0.6) is 0 Å². The number of hydrogen-bond acceptors (Lipinski definition) is 4.